The summed E-state index contributed by atoms with van der Waals surface area (Å²) in [7, 11) is 1.61. The Balaban J connectivity index is 1.64. The average Bonchev–Trinajstić information content (AvgIpc) is 3.07. The van der Waals surface area contributed by atoms with Crippen LogP contribution in [0.2, 0.25) is 0 Å². The molecule has 1 N–H and O–H groups in total. The summed E-state index contributed by atoms with van der Waals surface area (Å²) in [6, 6.07) is 13.5. The van der Waals surface area contributed by atoms with Crippen LogP contribution in [0.5, 0.6) is 11.5 Å². The highest BCUT2D eigenvalue weighted by atomic mass is 32.1. The SMILES string of the molecule is COc1ccc(-c2nc(NC(=O)/C=C/c3ccc(OC(F)F)cc3)sc2C)cc1. The van der Waals surface area contributed by atoms with E-state index in [1.165, 1.54) is 29.5 Å². The first-order chi connectivity index (χ1) is 13.9. The molecule has 0 bridgehead atoms. The van der Waals surface area contributed by atoms with Crippen molar-refractivity contribution in [2.75, 3.05) is 12.4 Å². The largest absolute Gasteiger partial charge is 0.497 e. The Hall–Kier alpha value is -3.26. The number of nitrogens with zero attached hydrogens (tertiary/aromatic N) is 1. The van der Waals surface area contributed by atoms with Crippen molar-refractivity contribution in [2.45, 2.75) is 13.5 Å². The summed E-state index contributed by atoms with van der Waals surface area (Å²) >= 11 is 1.38. The lowest BCUT2D eigenvalue weighted by molar-refractivity contribution is -0.111. The zero-order chi connectivity index (χ0) is 20.8. The van der Waals surface area contributed by atoms with Crippen LogP contribution in [0.4, 0.5) is 13.9 Å². The number of ether oxygens (including phenoxy) is 2. The summed E-state index contributed by atoms with van der Waals surface area (Å²) in [6.07, 6.45) is 2.93. The highest BCUT2D eigenvalue weighted by Crippen LogP contribution is 2.31. The second-order valence-electron chi connectivity index (χ2n) is 5.92. The Morgan fingerprint density at radius 3 is 2.38 bits per heavy atom. The van der Waals surface area contributed by atoms with Crippen LogP contribution in [-0.4, -0.2) is 24.6 Å². The van der Waals surface area contributed by atoms with E-state index in [9.17, 15) is 13.6 Å². The molecule has 150 valence electrons. The first-order valence-electron chi connectivity index (χ1n) is 8.60. The number of aryl methyl sites for hydroxylation is 1. The Morgan fingerprint density at radius 1 is 1.10 bits per heavy atom. The third kappa shape index (κ3) is 5.61. The van der Waals surface area contributed by atoms with Gasteiger partial charge < -0.3 is 9.47 Å². The van der Waals surface area contributed by atoms with Crippen molar-refractivity contribution in [3.05, 3.63) is 65.0 Å². The van der Waals surface area contributed by atoms with Gasteiger partial charge in [0, 0.05) is 16.5 Å². The van der Waals surface area contributed by atoms with E-state index in [0.29, 0.717) is 10.7 Å². The predicted octanol–water partition coefficient (Wildman–Crippen LogP) is 5.38. The lowest BCUT2D eigenvalue weighted by atomic mass is 10.1. The van der Waals surface area contributed by atoms with Crippen LogP contribution < -0.4 is 14.8 Å². The number of hydrogen-bond acceptors (Lipinski definition) is 5. The van der Waals surface area contributed by atoms with E-state index in [4.69, 9.17) is 4.74 Å². The van der Waals surface area contributed by atoms with Gasteiger partial charge in [-0.25, -0.2) is 4.98 Å². The van der Waals surface area contributed by atoms with Crippen molar-refractivity contribution in [1.82, 2.24) is 4.98 Å². The topological polar surface area (TPSA) is 60.5 Å². The van der Waals surface area contributed by atoms with E-state index in [2.05, 4.69) is 15.0 Å². The number of carbonyl (C=O) groups is 1. The van der Waals surface area contributed by atoms with Gasteiger partial charge >= 0.3 is 6.61 Å². The molecule has 3 aromatic rings. The van der Waals surface area contributed by atoms with Gasteiger partial charge in [-0.15, -0.1) is 11.3 Å². The summed E-state index contributed by atoms with van der Waals surface area (Å²) < 4.78 is 33.8. The molecule has 1 heterocycles. The van der Waals surface area contributed by atoms with Crippen molar-refractivity contribution < 1.29 is 23.0 Å². The standard InChI is InChI=1S/C21H18F2N2O3S/c1-13-19(15-6-10-16(27-2)11-7-15)25-21(29-13)24-18(26)12-5-14-3-8-17(9-4-14)28-20(22)23/h3-12,20H,1-2H3,(H,24,25,26)/b12-5+. The fourth-order valence-electron chi connectivity index (χ4n) is 2.55. The Kier molecular flexibility index (Phi) is 6.56. The fraction of sp³-hybridized carbons (Fsp3) is 0.143. The van der Waals surface area contributed by atoms with Crippen LogP contribution in [0, 0.1) is 6.92 Å². The number of amides is 1. The first kappa shape index (κ1) is 20.5. The predicted molar refractivity (Wildman–Crippen MR) is 110 cm³/mol. The minimum absolute atomic E-state index is 0.0610. The lowest BCUT2D eigenvalue weighted by Gasteiger charge is -2.03. The molecule has 1 aromatic heterocycles. The highest BCUT2D eigenvalue weighted by Gasteiger charge is 2.11. The van der Waals surface area contributed by atoms with Gasteiger partial charge in [-0.3, -0.25) is 10.1 Å². The van der Waals surface area contributed by atoms with Gasteiger partial charge in [-0.2, -0.15) is 8.78 Å². The number of thiazole rings is 1. The molecule has 2 aromatic carbocycles. The van der Waals surface area contributed by atoms with E-state index in [0.717, 1.165) is 21.9 Å². The maximum atomic E-state index is 12.2. The van der Waals surface area contributed by atoms with Crippen LogP contribution >= 0.6 is 11.3 Å². The smallest absolute Gasteiger partial charge is 0.387 e. The number of nitrogens with one attached hydrogen (secondary N) is 1. The van der Waals surface area contributed by atoms with E-state index < -0.39 is 6.61 Å². The van der Waals surface area contributed by atoms with E-state index in [1.807, 2.05) is 31.2 Å². The van der Waals surface area contributed by atoms with Crippen molar-refractivity contribution in [1.29, 1.82) is 0 Å². The Bertz CT molecular complexity index is 1000. The van der Waals surface area contributed by atoms with Crippen LogP contribution in [0.3, 0.4) is 0 Å². The number of aromatic nitrogens is 1. The molecule has 0 unspecified atom stereocenters. The van der Waals surface area contributed by atoms with Gasteiger partial charge in [0.2, 0.25) is 5.91 Å². The number of benzene rings is 2. The van der Waals surface area contributed by atoms with Crippen LogP contribution in [0.1, 0.15) is 10.4 Å². The normalized spacial score (nSPS) is 11.1. The zero-order valence-electron chi connectivity index (χ0n) is 15.7. The summed E-state index contributed by atoms with van der Waals surface area (Å²) in [6.45, 7) is -0.933. The molecule has 3 rings (SSSR count). The number of hydrogen-bond donors (Lipinski definition) is 1. The number of methoxy groups -OCH3 is 1. The second-order valence-corrected chi connectivity index (χ2v) is 7.13. The molecule has 5 nitrogen and oxygen atoms in total. The maximum Gasteiger partial charge on any atom is 0.387 e. The molecule has 0 radical (unpaired) electrons. The quantitative estimate of drug-likeness (QED) is 0.525. The van der Waals surface area contributed by atoms with E-state index in [1.54, 1.807) is 25.3 Å². The molecule has 29 heavy (non-hydrogen) atoms. The second kappa shape index (κ2) is 9.29. The molecule has 0 aliphatic rings. The first-order valence-corrected chi connectivity index (χ1v) is 9.42. The third-order valence-electron chi connectivity index (χ3n) is 3.92. The van der Waals surface area contributed by atoms with Gasteiger partial charge in [-0.05, 0) is 55.0 Å². The molecule has 0 spiro atoms. The molecule has 0 atom stereocenters. The number of anilines is 1. The molecular formula is C21H18F2N2O3S. The van der Waals surface area contributed by atoms with Crippen LogP contribution in [0.25, 0.3) is 17.3 Å². The van der Waals surface area contributed by atoms with Gasteiger partial charge in [0.15, 0.2) is 5.13 Å². The van der Waals surface area contributed by atoms with E-state index >= 15 is 0 Å². The van der Waals surface area contributed by atoms with Gasteiger partial charge in [-0.1, -0.05) is 12.1 Å². The summed E-state index contributed by atoms with van der Waals surface area (Å²) in [5.74, 6) is 0.480. The summed E-state index contributed by atoms with van der Waals surface area (Å²) in [5, 5.41) is 3.23. The molecular weight excluding hydrogens is 398 g/mol. The highest BCUT2D eigenvalue weighted by molar-refractivity contribution is 7.16. The molecule has 0 saturated heterocycles. The molecule has 0 aliphatic carbocycles. The van der Waals surface area contributed by atoms with Gasteiger partial charge in [0.05, 0.1) is 12.8 Å². The fourth-order valence-corrected chi connectivity index (χ4v) is 3.38. The number of rotatable bonds is 7. The van der Waals surface area contributed by atoms with Gasteiger partial charge in [0.1, 0.15) is 11.5 Å². The van der Waals surface area contributed by atoms with Crippen molar-refractivity contribution in [3.8, 4) is 22.8 Å². The monoisotopic (exact) mass is 416 g/mol. The molecule has 0 saturated carbocycles. The zero-order valence-corrected chi connectivity index (χ0v) is 16.5. The summed E-state index contributed by atoms with van der Waals surface area (Å²) in [5.41, 5.74) is 2.41. The molecule has 1 amide bonds. The Morgan fingerprint density at radius 2 is 1.76 bits per heavy atom. The van der Waals surface area contributed by atoms with Crippen molar-refractivity contribution in [3.63, 3.8) is 0 Å². The minimum atomic E-state index is -2.87. The summed E-state index contributed by atoms with van der Waals surface area (Å²) in [4.78, 5) is 17.6. The minimum Gasteiger partial charge on any atom is -0.497 e. The molecule has 0 aliphatic heterocycles. The maximum absolute atomic E-state index is 12.2. The van der Waals surface area contributed by atoms with Gasteiger partial charge in [0.25, 0.3) is 0 Å². The van der Waals surface area contributed by atoms with Crippen LogP contribution in [0.15, 0.2) is 54.6 Å². The van der Waals surface area contributed by atoms with Crippen molar-refractivity contribution in [2.24, 2.45) is 0 Å². The lowest BCUT2D eigenvalue weighted by Crippen LogP contribution is -2.07. The van der Waals surface area contributed by atoms with Crippen molar-refractivity contribution >= 4 is 28.5 Å². The molecule has 0 fully saturated rings. The third-order valence-corrected chi connectivity index (χ3v) is 4.81. The molecule has 8 heteroatoms. The average molecular weight is 416 g/mol. The van der Waals surface area contributed by atoms with E-state index in [-0.39, 0.29) is 11.7 Å². The Labute approximate surface area is 170 Å². The number of halogens is 2. The number of carbonyl (C=O) groups excluding carboxylic acids is 1. The van der Waals surface area contributed by atoms with Crippen LogP contribution in [-0.2, 0) is 4.79 Å². The number of alkyl halides is 2.